The number of benzene rings is 3. The predicted octanol–water partition coefficient (Wildman–Crippen LogP) is 8.84. The van der Waals surface area contributed by atoms with Crippen LogP contribution in [-0.4, -0.2) is 19.0 Å². The van der Waals surface area contributed by atoms with Crippen LogP contribution in [0.15, 0.2) is 156 Å². The molecule has 2 aliphatic heterocycles. The van der Waals surface area contributed by atoms with Crippen molar-refractivity contribution < 1.29 is 17.4 Å². The molecule has 0 amide bonds. The Hall–Kier alpha value is -2.62. The average molecular weight is 717 g/mol. The summed E-state index contributed by atoms with van der Waals surface area (Å²) in [6, 6.07) is 34.1. The van der Waals surface area contributed by atoms with E-state index in [1.54, 1.807) is 9.83 Å². The van der Waals surface area contributed by atoms with Crippen molar-refractivity contribution in [2.75, 3.05) is 9.80 Å². The molecule has 0 saturated heterocycles. The molecule has 3 aromatic carbocycles. The molecule has 0 spiro atoms. The van der Waals surface area contributed by atoms with Gasteiger partial charge in [-0.05, 0) is 0 Å². The van der Waals surface area contributed by atoms with Crippen LogP contribution >= 0.6 is 24.8 Å². The number of fused-ring (bicyclic) bond motifs is 2. The number of hydrogen-bond donors (Lipinski definition) is 0. The van der Waals surface area contributed by atoms with Crippen molar-refractivity contribution in [2.45, 2.75) is 50.8 Å². The predicted molar refractivity (Wildman–Crippen MR) is 194 cm³/mol. The van der Waals surface area contributed by atoms with Gasteiger partial charge in [0.2, 0.25) is 0 Å². The molecule has 226 valence electrons. The third-order valence-electron chi connectivity index (χ3n) is 10.3. The van der Waals surface area contributed by atoms with Gasteiger partial charge in [-0.15, -0.1) is 24.8 Å². The largest absolute Gasteiger partial charge is 0.147 e. The van der Waals surface area contributed by atoms with Crippen LogP contribution in [0, 0.1) is 0 Å². The van der Waals surface area contributed by atoms with E-state index >= 15 is 0 Å². The topological polar surface area (TPSA) is 6.48 Å². The van der Waals surface area contributed by atoms with Gasteiger partial charge in [-0.1, -0.05) is 0 Å². The van der Waals surface area contributed by atoms with Crippen LogP contribution in [0.2, 0.25) is 4.13 Å². The van der Waals surface area contributed by atoms with E-state index in [-0.39, 0.29) is 24.8 Å². The Morgan fingerprint density at radius 2 is 0.977 bits per heavy atom. The van der Waals surface area contributed by atoms with Crippen molar-refractivity contribution in [3.8, 4) is 0 Å². The van der Waals surface area contributed by atoms with Crippen molar-refractivity contribution >= 4 is 46.3 Å². The molecule has 6 heteroatoms. The Balaban J connectivity index is 0.00000192. The maximum atomic E-state index is 2.56. The van der Waals surface area contributed by atoms with E-state index < -0.39 is 17.4 Å². The van der Waals surface area contributed by atoms with E-state index in [1.807, 2.05) is 0 Å². The van der Waals surface area contributed by atoms with Gasteiger partial charge in [0.05, 0.1) is 0 Å². The van der Waals surface area contributed by atoms with E-state index in [2.05, 4.69) is 167 Å². The second kappa shape index (κ2) is 12.0. The fourth-order valence-corrected chi connectivity index (χ4v) is 32.0. The summed E-state index contributed by atoms with van der Waals surface area (Å²) < 4.78 is 6.07. The molecule has 0 fully saturated rings. The first-order chi connectivity index (χ1) is 20.3. The quantitative estimate of drug-likeness (QED) is 0.236. The number of allylic oxidation sites excluding steroid dienone is 6. The van der Waals surface area contributed by atoms with Crippen LogP contribution < -0.4 is 13.1 Å². The Bertz CT molecular complexity index is 1760. The molecule has 0 bridgehead atoms. The Kier molecular flexibility index (Phi) is 8.90. The SMILES string of the molecule is C[CH2][Zr](=[SiH2])([C]1=C(C)C=C2C1=CC(C)N2c1ccccc1)([C]1=C(C)C=C2C1=CC(C)N2c1ccccc1)[c]1ccccc1.Cl.Cl. The summed E-state index contributed by atoms with van der Waals surface area (Å²) in [5.74, 6) is 0. The van der Waals surface area contributed by atoms with Gasteiger partial charge in [0.15, 0.2) is 0 Å². The number of anilines is 2. The second-order valence-corrected chi connectivity index (χ2v) is 35.8. The van der Waals surface area contributed by atoms with Gasteiger partial charge >= 0.3 is 255 Å². The minimum absolute atomic E-state index is 0. The molecule has 7 rings (SSSR count). The molecular formula is C38H42Cl2N2SiZr. The zero-order valence-electron chi connectivity index (χ0n) is 26.2. The first-order valence-electron chi connectivity index (χ1n) is 15.4. The van der Waals surface area contributed by atoms with E-state index in [0.29, 0.717) is 12.1 Å². The molecule has 0 saturated carbocycles. The maximum absolute atomic E-state index is 4.25. The molecule has 2 unspecified atom stereocenters. The van der Waals surface area contributed by atoms with Gasteiger partial charge in [-0.2, -0.15) is 0 Å². The summed E-state index contributed by atoms with van der Waals surface area (Å²) in [6.45, 7) is 14.4. The van der Waals surface area contributed by atoms with Crippen molar-refractivity contribution in [1.82, 2.24) is 0 Å². The molecule has 0 radical (unpaired) electrons. The van der Waals surface area contributed by atoms with Crippen molar-refractivity contribution in [3.63, 3.8) is 0 Å². The standard InChI is InChI=1S/2C15H14N.C6H5.C2H5.2ClH.H2Si.Zr/c2*1-11-8-13-10-12(2)16(15(13)9-11)14-6-4-3-5-7-14;1-2-4-6-5-3-1;1-2;;;;/h2*3-7,9-10,12H,1-2H3;1-5H;1H2,2H3;2*1H;1H2;. The number of hydrogen-bond acceptors (Lipinski definition) is 2. The van der Waals surface area contributed by atoms with Gasteiger partial charge < -0.3 is 0 Å². The van der Waals surface area contributed by atoms with Crippen LogP contribution in [0.3, 0.4) is 0 Å². The normalized spacial score (nSPS) is 20.9. The smallest absolute Gasteiger partial charge is 0.147 e. The van der Waals surface area contributed by atoms with Crippen LogP contribution in [0.1, 0.15) is 34.6 Å². The molecule has 2 heterocycles. The third kappa shape index (κ3) is 4.51. The summed E-state index contributed by atoms with van der Waals surface area (Å²) in [5, 5.41) is 0. The maximum Gasteiger partial charge on any atom is -0.147 e. The third-order valence-corrected chi connectivity index (χ3v) is 37.1. The van der Waals surface area contributed by atoms with E-state index in [4.69, 9.17) is 0 Å². The fraction of sp³-hybridized carbons (Fsp3) is 0.211. The first-order valence-corrected chi connectivity index (χ1v) is 26.7. The van der Waals surface area contributed by atoms with Crippen LogP contribution in [0.25, 0.3) is 0 Å². The van der Waals surface area contributed by atoms with Crippen molar-refractivity contribution in [1.29, 1.82) is 0 Å². The number of rotatable bonds is 6. The number of nitrogens with zero attached hydrogens (tertiary/aromatic N) is 2. The van der Waals surface area contributed by atoms with Gasteiger partial charge in [-0.3, -0.25) is 0 Å². The van der Waals surface area contributed by atoms with E-state index in [9.17, 15) is 0 Å². The monoisotopic (exact) mass is 714 g/mol. The Labute approximate surface area is 277 Å². The summed E-state index contributed by atoms with van der Waals surface area (Å²) in [6.07, 6.45) is 10.1. The second-order valence-electron chi connectivity index (χ2n) is 12.6. The average Bonchev–Trinajstić information content (AvgIpc) is 3.70. The first kappa shape index (κ1) is 32.8. The summed E-state index contributed by atoms with van der Waals surface area (Å²) >= 11 is -4.25. The van der Waals surface area contributed by atoms with Crippen LogP contribution in [-0.2, 0) is 17.4 Å². The summed E-state index contributed by atoms with van der Waals surface area (Å²) in [5.41, 5.74) is 11.2. The fourth-order valence-electron chi connectivity index (χ4n) is 8.54. The number of halogens is 2. The summed E-state index contributed by atoms with van der Waals surface area (Å²) in [4.78, 5) is 5.09. The summed E-state index contributed by atoms with van der Waals surface area (Å²) in [7, 11) is 0. The molecule has 2 nitrogen and oxygen atoms in total. The van der Waals surface area contributed by atoms with E-state index in [0.717, 1.165) is 0 Å². The minimum atomic E-state index is -4.25. The van der Waals surface area contributed by atoms with Crippen LogP contribution in [0.5, 0.6) is 0 Å². The molecule has 2 aliphatic carbocycles. The molecule has 4 aliphatic rings. The molecule has 0 N–H and O–H groups in total. The molecule has 44 heavy (non-hydrogen) atoms. The number of para-hydroxylation sites is 2. The van der Waals surface area contributed by atoms with Gasteiger partial charge in [0.1, 0.15) is 0 Å². The van der Waals surface area contributed by atoms with Gasteiger partial charge in [-0.25, -0.2) is 0 Å². The zero-order valence-corrected chi connectivity index (χ0v) is 31.8. The zero-order chi connectivity index (χ0) is 29.2. The van der Waals surface area contributed by atoms with Crippen LogP contribution in [0.4, 0.5) is 11.4 Å². The van der Waals surface area contributed by atoms with E-state index in [1.165, 1.54) is 49.2 Å². The molecule has 0 aromatic heterocycles. The molecule has 2 atom stereocenters. The van der Waals surface area contributed by atoms with Gasteiger partial charge in [0.25, 0.3) is 0 Å². The van der Waals surface area contributed by atoms with Crippen molar-refractivity contribution in [3.05, 3.63) is 156 Å². The van der Waals surface area contributed by atoms with Crippen molar-refractivity contribution in [2.24, 2.45) is 0 Å². The minimum Gasteiger partial charge on any atom is -0.147 e. The van der Waals surface area contributed by atoms with Gasteiger partial charge in [0, 0.05) is 0 Å². The molecular weight excluding hydrogens is 675 g/mol. The Morgan fingerprint density at radius 3 is 1.34 bits per heavy atom. The Morgan fingerprint density at radius 1 is 0.614 bits per heavy atom. The molecule has 3 aromatic rings.